The molecule has 1 amide bonds. The number of fused-ring (bicyclic) bond motifs is 1. The van der Waals surface area contributed by atoms with Crippen LogP contribution in [0.25, 0.3) is 11.0 Å². The van der Waals surface area contributed by atoms with Gasteiger partial charge in [-0.25, -0.2) is 4.98 Å². The molecule has 1 saturated carbocycles. The Morgan fingerprint density at radius 3 is 2.57 bits per heavy atom. The molecule has 158 valence electrons. The molecule has 2 N–H and O–H groups in total. The highest BCUT2D eigenvalue weighted by Gasteiger charge is 2.34. The van der Waals surface area contributed by atoms with Crippen LogP contribution in [0.1, 0.15) is 48.7 Å². The van der Waals surface area contributed by atoms with Crippen LogP contribution >= 0.6 is 0 Å². The van der Waals surface area contributed by atoms with E-state index in [1.54, 1.807) is 12.1 Å². The average Bonchev–Trinajstić information content (AvgIpc) is 3.40. The van der Waals surface area contributed by atoms with E-state index in [-0.39, 0.29) is 29.7 Å². The van der Waals surface area contributed by atoms with Crippen molar-refractivity contribution in [3.05, 3.63) is 65.5 Å². The van der Waals surface area contributed by atoms with Gasteiger partial charge >= 0.3 is 6.18 Å². The summed E-state index contributed by atoms with van der Waals surface area (Å²) >= 11 is 0. The molecule has 1 aromatic heterocycles. The van der Waals surface area contributed by atoms with Gasteiger partial charge in [0.1, 0.15) is 6.61 Å². The van der Waals surface area contributed by atoms with E-state index in [1.807, 2.05) is 30.3 Å². The lowest BCUT2D eigenvalue weighted by Crippen LogP contribution is -2.33. The second-order valence-corrected chi connectivity index (χ2v) is 7.49. The summed E-state index contributed by atoms with van der Waals surface area (Å²) in [7, 11) is 0. The molecule has 30 heavy (non-hydrogen) atoms. The van der Waals surface area contributed by atoms with Crippen molar-refractivity contribution >= 4 is 16.9 Å². The van der Waals surface area contributed by atoms with Crippen molar-refractivity contribution in [2.45, 2.75) is 44.0 Å². The van der Waals surface area contributed by atoms with E-state index < -0.39 is 18.0 Å². The molecule has 0 unspecified atom stereocenters. The second-order valence-electron chi connectivity index (χ2n) is 7.49. The number of rotatable bonds is 6. The molecule has 5 nitrogen and oxygen atoms in total. The van der Waals surface area contributed by atoms with Crippen molar-refractivity contribution in [3.8, 4) is 0 Å². The van der Waals surface area contributed by atoms with Crippen LogP contribution in [0.3, 0.4) is 0 Å². The molecule has 0 spiro atoms. The van der Waals surface area contributed by atoms with Crippen LogP contribution in [-0.4, -0.2) is 28.6 Å². The van der Waals surface area contributed by atoms with Crippen LogP contribution in [0.15, 0.2) is 48.5 Å². The summed E-state index contributed by atoms with van der Waals surface area (Å²) in [5.41, 5.74) is 1.95. The molecule has 3 aromatic rings. The number of amides is 1. The van der Waals surface area contributed by atoms with Crippen molar-refractivity contribution in [2.75, 3.05) is 6.61 Å². The number of hydrogen-bond acceptors (Lipinski definition) is 3. The molecule has 4 rings (SSSR count). The Labute approximate surface area is 171 Å². The first-order valence-corrected chi connectivity index (χ1v) is 9.93. The molecule has 8 heteroatoms. The summed E-state index contributed by atoms with van der Waals surface area (Å²) < 4.78 is 44.6. The van der Waals surface area contributed by atoms with E-state index in [4.69, 9.17) is 4.74 Å². The van der Waals surface area contributed by atoms with Gasteiger partial charge in [-0.1, -0.05) is 49.2 Å². The van der Waals surface area contributed by atoms with Gasteiger partial charge in [-0.2, -0.15) is 13.2 Å². The molecule has 0 saturated heterocycles. The fourth-order valence-corrected chi connectivity index (χ4v) is 3.80. The number of nitrogens with zero attached hydrogens (tertiary/aromatic N) is 1. The Morgan fingerprint density at radius 2 is 1.87 bits per heavy atom. The van der Waals surface area contributed by atoms with Crippen molar-refractivity contribution in [1.82, 2.24) is 15.3 Å². The molecule has 0 radical (unpaired) electrons. The molecule has 1 atom stereocenters. The summed E-state index contributed by atoms with van der Waals surface area (Å²) in [4.78, 5) is 18.5. The SMILES string of the molecule is O=C(COC1CCCC1)N[C@@H](c1ccccc1)c1ccc2nc(C(F)(F)F)[nH]c2c1. The Balaban J connectivity index is 1.58. The minimum Gasteiger partial charge on any atom is -0.368 e. The number of hydrogen-bond donors (Lipinski definition) is 2. The molecular formula is C22H22F3N3O2. The van der Waals surface area contributed by atoms with E-state index in [0.717, 1.165) is 31.2 Å². The Kier molecular flexibility index (Phi) is 5.76. The maximum absolute atomic E-state index is 13.0. The maximum Gasteiger partial charge on any atom is 0.449 e. The second kappa shape index (κ2) is 8.47. The Bertz CT molecular complexity index is 1010. The minimum absolute atomic E-state index is 0.0431. The highest BCUT2D eigenvalue weighted by Crippen LogP contribution is 2.30. The predicted molar refractivity (Wildman–Crippen MR) is 106 cm³/mol. The first-order chi connectivity index (χ1) is 14.4. The number of imidazole rings is 1. The highest BCUT2D eigenvalue weighted by molar-refractivity contribution is 5.79. The van der Waals surface area contributed by atoms with Crippen molar-refractivity contribution < 1.29 is 22.7 Å². The number of H-pyrrole nitrogens is 1. The van der Waals surface area contributed by atoms with Gasteiger partial charge in [0, 0.05) is 0 Å². The number of alkyl halides is 3. The number of halogens is 3. The molecule has 1 aliphatic carbocycles. The Hall–Kier alpha value is -2.87. The number of carbonyl (C=O) groups excluding carboxylic acids is 1. The fraction of sp³-hybridized carbons (Fsp3) is 0.364. The van der Waals surface area contributed by atoms with Crippen LogP contribution in [-0.2, 0) is 15.7 Å². The number of benzene rings is 2. The average molecular weight is 417 g/mol. The van der Waals surface area contributed by atoms with Crippen LogP contribution in [0.4, 0.5) is 13.2 Å². The molecule has 2 aromatic carbocycles. The quantitative estimate of drug-likeness (QED) is 0.609. The summed E-state index contributed by atoms with van der Waals surface area (Å²) in [6.07, 6.45) is -0.274. The lowest BCUT2D eigenvalue weighted by atomic mass is 9.98. The van der Waals surface area contributed by atoms with E-state index in [9.17, 15) is 18.0 Å². The third kappa shape index (κ3) is 4.64. The van der Waals surface area contributed by atoms with Crippen LogP contribution in [0.5, 0.6) is 0 Å². The van der Waals surface area contributed by atoms with Gasteiger partial charge in [-0.15, -0.1) is 0 Å². The van der Waals surface area contributed by atoms with Gasteiger partial charge < -0.3 is 15.0 Å². The number of aromatic amines is 1. The van der Waals surface area contributed by atoms with Gasteiger partial charge in [0.25, 0.3) is 0 Å². The van der Waals surface area contributed by atoms with Gasteiger partial charge in [0.15, 0.2) is 0 Å². The zero-order valence-corrected chi connectivity index (χ0v) is 16.2. The zero-order chi connectivity index (χ0) is 21.1. The van der Waals surface area contributed by atoms with E-state index in [1.165, 1.54) is 6.07 Å². The van der Waals surface area contributed by atoms with Crippen molar-refractivity contribution in [3.63, 3.8) is 0 Å². The van der Waals surface area contributed by atoms with E-state index in [2.05, 4.69) is 15.3 Å². The Morgan fingerprint density at radius 1 is 1.13 bits per heavy atom. The number of carbonyl (C=O) groups is 1. The molecule has 1 aliphatic rings. The van der Waals surface area contributed by atoms with Crippen molar-refractivity contribution in [1.29, 1.82) is 0 Å². The number of nitrogens with one attached hydrogen (secondary N) is 2. The first-order valence-electron chi connectivity index (χ1n) is 9.93. The lowest BCUT2D eigenvalue weighted by molar-refractivity contribution is -0.144. The summed E-state index contributed by atoms with van der Waals surface area (Å²) in [6, 6.07) is 13.6. The van der Waals surface area contributed by atoms with Crippen LogP contribution < -0.4 is 5.32 Å². The molecule has 1 heterocycles. The summed E-state index contributed by atoms with van der Waals surface area (Å²) in [6.45, 7) is -0.0431. The standard InChI is InChI=1S/C22H22F3N3O2/c23-22(24,25)21-26-17-11-10-15(12-18(17)27-21)20(14-6-2-1-3-7-14)28-19(29)13-30-16-8-4-5-9-16/h1-3,6-7,10-12,16,20H,4-5,8-9,13H2,(H,26,27)(H,28,29)/t20-/m0/s1. The van der Waals surface area contributed by atoms with Crippen LogP contribution in [0.2, 0.25) is 0 Å². The van der Waals surface area contributed by atoms with Gasteiger partial charge in [-0.05, 0) is 36.1 Å². The largest absolute Gasteiger partial charge is 0.449 e. The molecule has 1 fully saturated rings. The van der Waals surface area contributed by atoms with Crippen LogP contribution in [0, 0.1) is 0 Å². The molecule has 0 aliphatic heterocycles. The summed E-state index contributed by atoms with van der Waals surface area (Å²) in [5, 5.41) is 2.95. The predicted octanol–water partition coefficient (Wildman–Crippen LogP) is 4.75. The van der Waals surface area contributed by atoms with Gasteiger partial charge in [-0.3, -0.25) is 4.79 Å². The minimum atomic E-state index is -4.55. The summed E-state index contributed by atoms with van der Waals surface area (Å²) in [5.74, 6) is -1.31. The third-order valence-electron chi connectivity index (χ3n) is 5.30. The maximum atomic E-state index is 13.0. The molecule has 0 bridgehead atoms. The first kappa shape index (κ1) is 20.4. The highest BCUT2D eigenvalue weighted by atomic mass is 19.4. The molecular weight excluding hydrogens is 395 g/mol. The normalized spacial score (nSPS) is 16.1. The number of aromatic nitrogens is 2. The van der Waals surface area contributed by atoms with E-state index >= 15 is 0 Å². The van der Waals surface area contributed by atoms with Gasteiger partial charge in [0.05, 0.1) is 23.2 Å². The van der Waals surface area contributed by atoms with E-state index in [0.29, 0.717) is 5.56 Å². The fourth-order valence-electron chi connectivity index (χ4n) is 3.80. The van der Waals surface area contributed by atoms with Crippen molar-refractivity contribution in [2.24, 2.45) is 0 Å². The van der Waals surface area contributed by atoms with Gasteiger partial charge in [0.2, 0.25) is 11.7 Å². The number of ether oxygens (including phenoxy) is 1. The lowest BCUT2D eigenvalue weighted by Gasteiger charge is -2.21. The zero-order valence-electron chi connectivity index (χ0n) is 16.2. The monoisotopic (exact) mass is 417 g/mol. The topological polar surface area (TPSA) is 67.0 Å². The smallest absolute Gasteiger partial charge is 0.368 e. The third-order valence-corrected chi connectivity index (χ3v) is 5.30.